The summed E-state index contributed by atoms with van der Waals surface area (Å²) >= 11 is 0. The van der Waals surface area contributed by atoms with Gasteiger partial charge in [0.15, 0.2) is 0 Å². The molecule has 0 rings (SSSR count). The van der Waals surface area contributed by atoms with Gasteiger partial charge in [0.1, 0.15) is 0 Å². The van der Waals surface area contributed by atoms with E-state index in [0.717, 1.165) is 18.8 Å². The maximum Gasteiger partial charge on any atom is 0.217 e. The van der Waals surface area contributed by atoms with E-state index in [1.165, 1.54) is 38.5 Å². The third kappa shape index (κ3) is 12.5. The summed E-state index contributed by atoms with van der Waals surface area (Å²) in [5, 5.41) is 2.98. The highest BCUT2D eigenvalue weighted by Crippen LogP contribution is 2.26. The van der Waals surface area contributed by atoms with Crippen LogP contribution in [0, 0.1) is 5.92 Å². The van der Waals surface area contributed by atoms with Crippen molar-refractivity contribution in [3.63, 3.8) is 0 Å². The van der Waals surface area contributed by atoms with Gasteiger partial charge in [0, 0.05) is 19.1 Å². The third-order valence-corrected chi connectivity index (χ3v) is 4.55. The Bertz CT molecular complexity index is 324. The fourth-order valence-corrected chi connectivity index (χ4v) is 3.08. The van der Waals surface area contributed by atoms with Crippen LogP contribution >= 0.6 is 0 Å². The average Bonchev–Trinajstić information content (AvgIpc) is 2.40. The van der Waals surface area contributed by atoms with Crippen LogP contribution in [-0.2, 0) is 9.53 Å². The van der Waals surface area contributed by atoms with E-state index in [1.807, 2.05) is 13.8 Å². The van der Waals surface area contributed by atoms with Crippen LogP contribution in [0.15, 0.2) is 0 Å². The highest BCUT2D eigenvalue weighted by molar-refractivity contribution is 5.73. The number of hydrogen-bond acceptors (Lipinski definition) is 2. The van der Waals surface area contributed by atoms with E-state index in [1.54, 1.807) is 6.92 Å². The zero-order valence-corrected chi connectivity index (χ0v) is 16.8. The Labute approximate surface area is 144 Å². The second kappa shape index (κ2) is 11.1. The molecule has 0 saturated heterocycles. The smallest absolute Gasteiger partial charge is 0.217 e. The van der Waals surface area contributed by atoms with Gasteiger partial charge in [-0.3, -0.25) is 4.79 Å². The Morgan fingerprint density at radius 1 is 1.00 bits per heavy atom. The van der Waals surface area contributed by atoms with Crippen molar-refractivity contribution in [3.05, 3.63) is 0 Å². The van der Waals surface area contributed by atoms with Gasteiger partial charge in [-0.05, 0) is 52.9 Å². The minimum Gasteiger partial charge on any atom is -0.375 e. The Hall–Kier alpha value is -0.570. The van der Waals surface area contributed by atoms with E-state index in [4.69, 9.17) is 4.74 Å². The molecule has 0 radical (unpaired) electrons. The first-order chi connectivity index (χ1) is 10.6. The first kappa shape index (κ1) is 22.4. The van der Waals surface area contributed by atoms with E-state index >= 15 is 0 Å². The molecule has 0 aliphatic rings. The second-order valence-corrected chi connectivity index (χ2v) is 8.26. The maximum atomic E-state index is 11.2. The number of carbonyl (C=O) groups is 1. The largest absolute Gasteiger partial charge is 0.375 e. The Kier molecular flexibility index (Phi) is 10.8. The molecule has 0 saturated carbocycles. The van der Waals surface area contributed by atoms with Crippen molar-refractivity contribution in [2.75, 3.05) is 6.61 Å². The molecule has 0 aliphatic heterocycles. The molecule has 1 N–H and O–H groups in total. The summed E-state index contributed by atoms with van der Waals surface area (Å²) in [5.41, 5.74) is -0.279. The molecule has 3 heteroatoms. The van der Waals surface area contributed by atoms with Crippen molar-refractivity contribution in [1.82, 2.24) is 5.32 Å². The molecule has 0 aliphatic carbocycles. The number of amides is 1. The summed E-state index contributed by atoms with van der Waals surface area (Å²) in [4.78, 5) is 11.2. The number of hydrogen-bond donors (Lipinski definition) is 1. The maximum absolute atomic E-state index is 11.2. The van der Waals surface area contributed by atoms with Crippen molar-refractivity contribution in [2.45, 2.75) is 111 Å². The Morgan fingerprint density at radius 2 is 1.65 bits per heavy atom. The standard InChI is InChI=1S/C20H41NO2/c1-8-10-12-18(11-9-2)13-14-20(6,7)23-16-15-19(4,5)21-17(3)22/h18H,8-16H2,1-7H3,(H,21,22). The Balaban J connectivity index is 4.18. The van der Waals surface area contributed by atoms with Crippen LogP contribution in [0.5, 0.6) is 0 Å². The highest BCUT2D eigenvalue weighted by atomic mass is 16.5. The number of unbranched alkanes of at least 4 members (excludes halogenated alkanes) is 1. The molecular formula is C20H41NO2. The van der Waals surface area contributed by atoms with E-state index in [0.29, 0.717) is 6.61 Å². The number of rotatable bonds is 13. The SMILES string of the molecule is CCCCC(CCC)CCC(C)(C)OCCC(C)(C)NC(C)=O. The average molecular weight is 328 g/mol. The van der Waals surface area contributed by atoms with E-state index in [9.17, 15) is 4.79 Å². The Morgan fingerprint density at radius 3 is 2.17 bits per heavy atom. The van der Waals surface area contributed by atoms with Crippen molar-refractivity contribution in [3.8, 4) is 0 Å². The summed E-state index contributed by atoms with van der Waals surface area (Å²) in [6.07, 6.45) is 9.82. The molecule has 138 valence electrons. The number of ether oxygens (including phenoxy) is 1. The molecule has 0 spiro atoms. The predicted molar refractivity (Wildman–Crippen MR) is 99.7 cm³/mol. The first-order valence-electron chi connectivity index (χ1n) is 9.54. The van der Waals surface area contributed by atoms with Gasteiger partial charge in [-0.15, -0.1) is 0 Å². The van der Waals surface area contributed by atoms with Crippen LogP contribution in [0.3, 0.4) is 0 Å². The van der Waals surface area contributed by atoms with Gasteiger partial charge in [-0.1, -0.05) is 46.0 Å². The van der Waals surface area contributed by atoms with E-state index in [-0.39, 0.29) is 17.0 Å². The lowest BCUT2D eigenvalue weighted by Gasteiger charge is -2.31. The molecule has 1 unspecified atom stereocenters. The lowest BCUT2D eigenvalue weighted by atomic mass is 9.88. The fraction of sp³-hybridized carbons (Fsp3) is 0.950. The third-order valence-electron chi connectivity index (χ3n) is 4.55. The van der Waals surface area contributed by atoms with Crippen molar-refractivity contribution in [1.29, 1.82) is 0 Å². The summed E-state index contributed by atoms with van der Waals surface area (Å²) in [6, 6.07) is 0. The normalized spacial score (nSPS) is 13.9. The molecule has 1 atom stereocenters. The zero-order chi connectivity index (χ0) is 17.9. The molecule has 0 bridgehead atoms. The van der Waals surface area contributed by atoms with Crippen molar-refractivity contribution < 1.29 is 9.53 Å². The molecule has 0 fully saturated rings. The van der Waals surface area contributed by atoms with Gasteiger partial charge >= 0.3 is 0 Å². The summed E-state index contributed by atoms with van der Waals surface area (Å²) in [7, 11) is 0. The second-order valence-electron chi connectivity index (χ2n) is 8.26. The van der Waals surface area contributed by atoms with Crippen LogP contribution in [0.1, 0.15) is 99.8 Å². The number of nitrogens with one attached hydrogen (secondary N) is 1. The highest BCUT2D eigenvalue weighted by Gasteiger charge is 2.23. The van der Waals surface area contributed by atoms with Gasteiger partial charge in [0.25, 0.3) is 0 Å². The lowest BCUT2D eigenvalue weighted by molar-refractivity contribution is -0.120. The molecule has 0 aromatic carbocycles. The van der Waals surface area contributed by atoms with Crippen LogP contribution in [0.2, 0.25) is 0 Å². The number of carbonyl (C=O) groups excluding carboxylic acids is 1. The molecular weight excluding hydrogens is 286 g/mol. The predicted octanol–water partition coefficient (Wildman–Crippen LogP) is 5.47. The summed E-state index contributed by atoms with van der Waals surface area (Å²) < 4.78 is 6.13. The summed E-state index contributed by atoms with van der Waals surface area (Å²) in [6.45, 7) is 15.3. The quantitative estimate of drug-likeness (QED) is 0.487. The van der Waals surface area contributed by atoms with Crippen LogP contribution in [-0.4, -0.2) is 23.7 Å². The van der Waals surface area contributed by atoms with E-state index < -0.39 is 0 Å². The topological polar surface area (TPSA) is 38.3 Å². The van der Waals surface area contributed by atoms with Gasteiger partial charge in [0.05, 0.1) is 5.60 Å². The van der Waals surface area contributed by atoms with Crippen LogP contribution in [0.25, 0.3) is 0 Å². The monoisotopic (exact) mass is 327 g/mol. The molecule has 23 heavy (non-hydrogen) atoms. The van der Waals surface area contributed by atoms with Crippen molar-refractivity contribution in [2.24, 2.45) is 5.92 Å². The first-order valence-corrected chi connectivity index (χ1v) is 9.54. The van der Waals surface area contributed by atoms with Crippen LogP contribution in [0.4, 0.5) is 0 Å². The van der Waals surface area contributed by atoms with Crippen LogP contribution < -0.4 is 5.32 Å². The van der Waals surface area contributed by atoms with Gasteiger partial charge in [0.2, 0.25) is 5.91 Å². The fourth-order valence-electron chi connectivity index (χ4n) is 3.08. The molecule has 0 aromatic rings. The van der Waals surface area contributed by atoms with Gasteiger partial charge < -0.3 is 10.1 Å². The zero-order valence-electron chi connectivity index (χ0n) is 16.8. The lowest BCUT2D eigenvalue weighted by Crippen LogP contribution is -2.43. The molecule has 3 nitrogen and oxygen atoms in total. The minimum absolute atomic E-state index is 0.0209. The molecule has 1 amide bonds. The van der Waals surface area contributed by atoms with Gasteiger partial charge in [-0.2, -0.15) is 0 Å². The van der Waals surface area contributed by atoms with Crippen molar-refractivity contribution >= 4 is 5.91 Å². The summed E-state index contributed by atoms with van der Waals surface area (Å²) in [5.74, 6) is 0.867. The van der Waals surface area contributed by atoms with E-state index in [2.05, 4.69) is 33.0 Å². The molecule has 0 heterocycles. The minimum atomic E-state index is -0.201. The molecule has 0 aromatic heterocycles. The van der Waals surface area contributed by atoms with Gasteiger partial charge in [-0.25, -0.2) is 0 Å².